The zero-order valence-corrected chi connectivity index (χ0v) is 5.63. The zero-order valence-electron chi connectivity index (χ0n) is 5.63. The summed E-state index contributed by atoms with van der Waals surface area (Å²) in [6.07, 6.45) is -11.5. The molecule has 0 aliphatic carbocycles. The van der Waals surface area contributed by atoms with Crippen LogP contribution in [-0.4, -0.2) is 17.9 Å². The summed E-state index contributed by atoms with van der Waals surface area (Å²) in [6.45, 7) is 2.40. The Balaban J connectivity index is 5.09. The molecule has 1 nitrogen and oxygen atoms in total. The van der Waals surface area contributed by atoms with Crippen molar-refractivity contribution in [2.45, 2.75) is 17.9 Å². The van der Waals surface area contributed by atoms with Gasteiger partial charge in [0.05, 0.1) is 0 Å². The lowest BCUT2D eigenvalue weighted by Gasteiger charge is -2.30. The standard InChI is InChI=1S/C5H5F6N/c1-2-3(12,4(6,7)8)5(9,10)11/h2H,1,12H2. The van der Waals surface area contributed by atoms with Gasteiger partial charge in [-0.3, -0.25) is 0 Å². The van der Waals surface area contributed by atoms with Crippen molar-refractivity contribution in [1.82, 2.24) is 0 Å². The molecule has 2 N–H and O–H groups in total. The van der Waals surface area contributed by atoms with Gasteiger partial charge in [-0.05, 0) is 0 Å². The van der Waals surface area contributed by atoms with E-state index >= 15 is 0 Å². The van der Waals surface area contributed by atoms with E-state index in [0.29, 0.717) is 0 Å². The van der Waals surface area contributed by atoms with E-state index in [4.69, 9.17) is 0 Å². The smallest absolute Gasteiger partial charge is 0.307 e. The van der Waals surface area contributed by atoms with Crippen LogP contribution in [0.5, 0.6) is 0 Å². The third kappa shape index (κ3) is 1.55. The lowest BCUT2D eigenvalue weighted by Crippen LogP contribution is -2.62. The summed E-state index contributed by atoms with van der Waals surface area (Å²) in [5, 5.41) is 0. The van der Waals surface area contributed by atoms with Gasteiger partial charge in [-0.2, -0.15) is 26.3 Å². The van der Waals surface area contributed by atoms with Crippen LogP contribution in [0.25, 0.3) is 0 Å². The zero-order chi connectivity index (χ0) is 10.2. The average Bonchev–Trinajstić information content (AvgIpc) is 1.81. The maximum absolute atomic E-state index is 11.7. The normalized spacial score (nSPS) is 14.6. The van der Waals surface area contributed by atoms with E-state index in [9.17, 15) is 26.3 Å². The van der Waals surface area contributed by atoms with Crippen molar-refractivity contribution in [2.75, 3.05) is 0 Å². The fourth-order valence-electron chi connectivity index (χ4n) is 0.392. The average molecular weight is 193 g/mol. The Morgan fingerprint density at radius 3 is 1.17 bits per heavy atom. The largest absolute Gasteiger partial charge is 0.418 e. The van der Waals surface area contributed by atoms with Crippen molar-refractivity contribution in [3.63, 3.8) is 0 Å². The predicted molar refractivity (Wildman–Crippen MR) is 29.2 cm³/mol. The SMILES string of the molecule is C=CC(N)(C(F)(F)F)C(F)(F)F. The Kier molecular flexibility index (Phi) is 2.49. The molecule has 0 radical (unpaired) electrons. The summed E-state index contributed by atoms with van der Waals surface area (Å²) in [5.74, 6) is 0. The van der Waals surface area contributed by atoms with Crippen molar-refractivity contribution in [2.24, 2.45) is 5.73 Å². The monoisotopic (exact) mass is 193 g/mol. The van der Waals surface area contributed by atoms with E-state index in [1.165, 1.54) is 0 Å². The molecule has 12 heavy (non-hydrogen) atoms. The lowest BCUT2D eigenvalue weighted by molar-refractivity contribution is -0.279. The highest BCUT2D eigenvalue weighted by Crippen LogP contribution is 2.41. The summed E-state index contributed by atoms with van der Waals surface area (Å²) in [5.41, 5.74) is -0.236. The molecule has 0 unspecified atom stereocenters. The second-order valence-electron chi connectivity index (χ2n) is 2.07. The molecular weight excluding hydrogens is 188 g/mol. The first-order valence-corrected chi connectivity index (χ1v) is 2.62. The quantitative estimate of drug-likeness (QED) is 0.500. The van der Waals surface area contributed by atoms with E-state index in [2.05, 4.69) is 12.3 Å². The second-order valence-corrected chi connectivity index (χ2v) is 2.07. The molecule has 0 aliphatic heterocycles. The molecule has 0 aliphatic rings. The molecule has 0 aromatic heterocycles. The van der Waals surface area contributed by atoms with Gasteiger partial charge >= 0.3 is 12.4 Å². The first-order valence-electron chi connectivity index (χ1n) is 2.62. The Hall–Kier alpha value is -0.720. The molecular formula is C5H5F6N. The van der Waals surface area contributed by atoms with Crippen molar-refractivity contribution in [3.8, 4) is 0 Å². The van der Waals surface area contributed by atoms with E-state index < -0.39 is 17.9 Å². The summed E-state index contributed by atoms with van der Waals surface area (Å²) in [7, 11) is 0. The summed E-state index contributed by atoms with van der Waals surface area (Å²) < 4.78 is 70.1. The summed E-state index contributed by atoms with van der Waals surface area (Å²) in [4.78, 5) is 0. The van der Waals surface area contributed by atoms with Gasteiger partial charge in [-0.25, -0.2) is 0 Å². The first kappa shape index (κ1) is 11.3. The highest BCUT2D eigenvalue weighted by Gasteiger charge is 2.66. The van der Waals surface area contributed by atoms with Gasteiger partial charge in [0.25, 0.3) is 0 Å². The minimum absolute atomic E-state index is 0.368. The van der Waals surface area contributed by atoms with Crippen LogP contribution in [0.2, 0.25) is 0 Å². The highest BCUT2D eigenvalue weighted by atomic mass is 19.4. The van der Waals surface area contributed by atoms with Gasteiger partial charge in [0.2, 0.25) is 5.54 Å². The van der Waals surface area contributed by atoms with Crippen LogP contribution in [0.3, 0.4) is 0 Å². The second kappa shape index (κ2) is 2.65. The predicted octanol–water partition coefficient (Wildman–Crippen LogP) is 1.99. The van der Waals surface area contributed by atoms with E-state index in [1.807, 2.05) is 0 Å². The molecule has 0 aromatic rings. The Bertz CT molecular complexity index is 163. The molecule has 7 heteroatoms. The van der Waals surface area contributed by atoms with Gasteiger partial charge in [0, 0.05) is 0 Å². The fraction of sp³-hybridized carbons (Fsp3) is 0.600. The van der Waals surface area contributed by atoms with E-state index in [1.54, 1.807) is 0 Å². The molecule has 0 spiro atoms. The third-order valence-electron chi connectivity index (χ3n) is 1.26. The lowest BCUT2D eigenvalue weighted by atomic mass is 10.0. The molecule has 0 atom stereocenters. The van der Waals surface area contributed by atoms with Crippen molar-refractivity contribution in [3.05, 3.63) is 12.7 Å². The fourth-order valence-corrected chi connectivity index (χ4v) is 0.392. The highest BCUT2D eigenvalue weighted by molar-refractivity contribution is 5.11. The molecule has 0 aromatic carbocycles. The Labute approximate surface area is 63.8 Å². The summed E-state index contributed by atoms with van der Waals surface area (Å²) >= 11 is 0. The van der Waals surface area contributed by atoms with Crippen LogP contribution >= 0.6 is 0 Å². The number of halogens is 6. The third-order valence-corrected chi connectivity index (χ3v) is 1.26. The van der Waals surface area contributed by atoms with Crippen molar-refractivity contribution >= 4 is 0 Å². The molecule has 0 saturated carbocycles. The van der Waals surface area contributed by atoms with Gasteiger partial charge < -0.3 is 5.73 Å². The van der Waals surface area contributed by atoms with E-state index in [0.717, 1.165) is 0 Å². The molecule has 0 amide bonds. The van der Waals surface area contributed by atoms with E-state index in [-0.39, 0.29) is 6.08 Å². The summed E-state index contributed by atoms with van der Waals surface area (Å²) in [6, 6.07) is 0. The Morgan fingerprint density at radius 2 is 1.17 bits per heavy atom. The van der Waals surface area contributed by atoms with Crippen LogP contribution in [0.15, 0.2) is 12.7 Å². The van der Waals surface area contributed by atoms with Crippen LogP contribution in [0.4, 0.5) is 26.3 Å². The Morgan fingerprint density at radius 1 is 0.917 bits per heavy atom. The molecule has 0 saturated heterocycles. The number of rotatable bonds is 1. The van der Waals surface area contributed by atoms with Gasteiger partial charge in [0.1, 0.15) is 0 Å². The van der Waals surface area contributed by atoms with Gasteiger partial charge in [0.15, 0.2) is 0 Å². The molecule has 72 valence electrons. The molecule has 0 rings (SSSR count). The van der Waals surface area contributed by atoms with Gasteiger partial charge in [-0.15, -0.1) is 6.58 Å². The van der Waals surface area contributed by atoms with Crippen LogP contribution < -0.4 is 5.73 Å². The number of hydrogen-bond donors (Lipinski definition) is 1. The van der Waals surface area contributed by atoms with Gasteiger partial charge in [-0.1, -0.05) is 6.08 Å². The van der Waals surface area contributed by atoms with Crippen molar-refractivity contribution in [1.29, 1.82) is 0 Å². The minimum atomic E-state index is -5.58. The molecule has 0 heterocycles. The van der Waals surface area contributed by atoms with Crippen LogP contribution in [0.1, 0.15) is 0 Å². The van der Waals surface area contributed by atoms with Crippen molar-refractivity contribution < 1.29 is 26.3 Å². The van der Waals surface area contributed by atoms with Crippen LogP contribution in [0, 0.1) is 0 Å². The maximum Gasteiger partial charge on any atom is 0.418 e. The van der Waals surface area contributed by atoms with Crippen LogP contribution in [-0.2, 0) is 0 Å². The molecule has 0 bridgehead atoms. The molecule has 0 fully saturated rings. The number of alkyl halides is 6. The number of hydrogen-bond acceptors (Lipinski definition) is 1. The first-order chi connectivity index (χ1) is 5.06. The topological polar surface area (TPSA) is 26.0 Å². The maximum atomic E-state index is 11.7. The minimum Gasteiger partial charge on any atom is -0.307 e. The number of nitrogens with two attached hydrogens (primary N) is 1.